The second-order valence-electron chi connectivity index (χ2n) is 10.0. The molecule has 3 aromatic carbocycles. The van der Waals surface area contributed by atoms with Gasteiger partial charge in [-0.05, 0) is 110 Å². The normalized spacial score (nSPS) is 14.0. The molecule has 1 aromatic heterocycles. The monoisotopic (exact) mass is 528 g/mol. The van der Waals surface area contributed by atoms with Gasteiger partial charge < -0.3 is 14.4 Å². The minimum absolute atomic E-state index is 0.721. The van der Waals surface area contributed by atoms with E-state index < -0.39 is 0 Å². The van der Waals surface area contributed by atoms with E-state index in [9.17, 15) is 0 Å². The van der Waals surface area contributed by atoms with Crippen molar-refractivity contribution in [1.82, 2.24) is 9.80 Å². The molecule has 0 radical (unpaired) electrons. The van der Waals surface area contributed by atoms with Crippen molar-refractivity contribution in [1.29, 1.82) is 0 Å². The number of nitrogens with zero attached hydrogens (tertiary/aromatic N) is 2. The third kappa shape index (κ3) is 6.76. The summed E-state index contributed by atoms with van der Waals surface area (Å²) in [7, 11) is 0. The summed E-state index contributed by atoms with van der Waals surface area (Å²) >= 11 is 1.88. The van der Waals surface area contributed by atoms with E-state index in [0.29, 0.717) is 0 Å². The summed E-state index contributed by atoms with van der Waals surface area (Å²) in [6, 6.07) is 26.1. The maximum absolute atomic E-state index is 6.06. The lowest BCUT2D eigenvalue weighted by Gasteiger charge is -2.18. The van der Waals surface area contributed by atoms with Gasteiger partial charge in [-0.2, -0.15) is 0 Å². The van der Waals surface area contributed by atoms with Crippen molar-refractivity contribution in [3.05, 3.63) is 83.9 Å². The highest BCUT2D eigenvalue weighted by molar-refractivity contribution is 7.22. The second-order valence-corrected chi connectivity index (χ2v) is 11.1. The van der Waals surface area contributed by atoms with Crippen LogP contribution in [0.5, 0.6) is 11.5 Å². The van der Waals surface area contributed by atoms with E-state index in [0.717, 1.165) is 57.3 Å². The number of benzene rings is 3. The summed E-state index contributed by atoms with van der Waals surface area (Å²) in [5, 5.41) is 1.35. The molecule has 0 aliphatic carbocycles. The summed E-state index contributed by atoms with van der Waals surface area (Å²) < 4.78 is 13.4. The number of hydrogen-bond acceptors (Lipinski definition) is 5. The van der Waals surface area contributed by atoms with Gasteiger partial charge in [-0.3, -0.25) is 4.90 Å². The van der Waals surface area contributed by atoms with Crippen molar-refractivity contribution < 1.29 is 9.47 Å². The molecule has 5 heteroatoms. The maximum atomic E-state index is 6.06. The molecule has 1 saturated heterocycles. The van der Waals surface area contributed by atoms with Gasteiger partial charge in [0.15, 0.2) is 0 Å². The highest BCUT2D eigenvalue weighted by Gasteiger charge is 2.15. The Hall–Kier alpha value is -2.86. The molecule has 0 unspecified atom stereocenters. The Balaban J connectivity index is 1.27. The molecule has 1 fully saturated rings. The zero-order valence-corrected chi connectivity index (χ0v) is 23.6. The van der Waals surface area contributed by atoms with Crippen LogP contribution in [-0.4, -0.2) is 62.3 Å². The summed E-state index contributed by atoms with van der Waals surface area (Å²) in [5.41, 5.74) is 3.95. The van der Waals surface area contributed by atoms with Crippen LogP contribution in [-0.2, 0) is 6.42 Å². The van der Waals surface area contributed by atoms with Crippen LogP contribution in [0.15, 0.2) is 72.8 Å². The number of ether oxygens (including phenoxy) is 2. The molecular weight excluding hydrogens is 488 g/mol. The second kappa shape index (κ2) is 13.3. The predicted octanol–water partition coefficient (Wildman–Crippen LogP) is 7.35. The molecule has 4 nitrogen and oxygen atoms in total. The van der Waals surface area contributed by atoms with Gasteiger partial charge in [0.1, 0.15) is 24.7 Å². The molecule has 4 aromatic rings. The van der Waals surface area contributed by atoms with Crippen LogP contribution < -0.4 is 9.47 Å². The summed E-state index contributed by atoms with van der Waals surface area (Å²) in [6.45, 7) is 12.4. The molecule has 0 saturated carbocycles. The number of likely N-dealkylation sites (N-methyl/N-ethyl adjacent to an activating group) is 1. The first kappa shape index (κ1) is 26.7. The third-order valence-corrected chi connectivity index (χ3v) is 8.83. The lowest BCUT2D eigenvalue weighted by atomic mass is 9.99. The van der Waals surface area contributed by atoms with Gasteiger partial charge in [0.2, 0.25) is 0 Å². The van der Waals surface area contributed by atoms with Crippen LogP contribution in [0, 0.1) is 0 Å². The van der Waals surface area contributed by atoms with E-state index in [1.807, 2.05) is 11.3 Å². The average molecular weight is 529 g/mol. The topological polar surface area (TPSA) is 24.9 Å². The van der Waals surface area contributed by atoms with E-state index in [-0.39, 0.29) is 0 Å². The molecule has 5 rings (SSSR count). The minimum atomic E-state index is 0.721. The minimum Gasteiger partial charge on any atom is -0.492 e. The molecular formula is C33H40N2O2S. The Morgan fingerprint density at radius 3 is 2.16 bits per heavy atom. The molecule has 0 spiro atoms. The molecule has 0 bridgehead atoms. The van der Waals surface area contributed by atoms with Crippen LogP contribution in [0.1, 0.15) is 37.8 Å². The Morgan fingerprint density at radius 2 is 1.45 bits per heavy atom. The molecule has 1 aliphatic heterocycles. The summed E-state index contributed by atoms with van der Waals surface area (Å²) in [5.74, 6) is 1.89. The van der Waals surface area contributed by atoms with E-state index in [2.05, 4.69) is 96.4 Å². The number of thiophene rings is 1. The van der Waals surface area contributed by atoms with Crippen molar-refractivity contribution in [2.75, 3.05) is 52.5 Å². The number of rotatable bonds is 13. The van der Waals surface area contributed by atoms with E-state index in [1.54, 1.807) is 0 Å². The van der Waals surface area contributed by atoms with E-state index in [1.165, 1.54) is 57.6 Å². The fraction of sp³-hybridized carbons (Fsp3) is 0.394. The standard InChI is InChI=1S/C33H40N2O2S/c1-3-34(4-2)21-23-36-28-15-11-26(12-16-28)25-31-30-9-5-6-10-32(30)38-33(31)27-13-17-29(18-14-27)37-24-22-35-19-7-8-20-35/h5-6,9-18H,3-4,7-8,19-25H2,1-2H3. The summed E-state index contributed by atoms with van der Waals surface area (Å²) in [4.78, 5) is 6.21. The molecule has 0 amide bonds. The Bertz CT molecular complexity index is 1270. The van der Waals surface area contributed by atoms with Gasteiger partial charge >= 0.3 is 0 Å². The first-order valence-electron chi connectivity index (χ1n) is 14.1. The highest BCUT2D eigenvalue weighted by Crippen LogP contribution is 2.40. The number of hydrogen-bond donors (Lipinski definition) is 0. The lowest BCUT2D eigenvalue weighted by Crippen LogP contribution is -2.27. The fourth-order valence-corrected chi connectivity index (χ4v) is 6.48. The van der Waals surface area contributed by atoms with Crippen molar-refractivity contribution in [3.63, 3.8) is 0 Å². The van der Waals surface area contributed by atoms with Crippen LogP contribution >= 0.6 is 11.3 Å². The van der Waals surface area contributed by atoms with Gasteiger partial charge in [0.25, 0.3) is 0 Å². The van der Waals surface area contributed by atoms with Gasteiger partial charge in [0, 0.05) is 22.7 Å². The molecule has 0 N–H and O–H groups in total. The molecule has 38 heavy (non-hydrogen) atoms. The van der Waals surface area contributed by atoms with E-state index >= 15 is 0 Å². The Labute approximate surface area is 231 Å². The number of likely N-dealkylation sites (tertiary alicyclic amines) is 1. The van der Waals surface area contributed by atoms with E-state index in [4.69, 9.17) is 9.47 Å². The SMILES string of the molecule is CCN(CC)CCOc1ccc(Cc2c(-c3ccc(OCCN4CCCC4)cc3)sc3ccccc23)cc1. The van der Waals surface area contributed by atoms with Crippen molar-refractivity contribution >= 4 is 21.4 Å². The zero-order chi connectivity index (χ0) is 26.2. The van der Waals surface area contributed by atoms with Crippen LogP contribution in [0.4, 0.5) is 0 Å². The predicted molar refractivity (Wildman–Crippen MR) is 161 cm³/mol. The lowest BCUT2D eigenvalue weighted by molar-refractivity contribution is 0.223. The van der Waals surface area contributed by atoms with Gasteiger partial charge in [-0.1, -0.05) is 44.2 Å². The Kier molecular flexibility index (Phi) is 9.34. The zero-order valence-electron chi connectivity index (χ0n) is 22.8. The van der Waals surface area contributed by atoms with Crippen LogP contribution in [0.3, 0.4) is 0 Å². The largest absolute Gasteiger partial charge is 0.492 e. The Morgan fingerprint density at radius 1 is 0.789 bits per heavy atom. The van der Waals surface area contributed by atoms with Crippen molar-refractivity contribution in [2.45, 2.75) is 33.1 Å². The summed E-state index contributed by atoms with van der Waals surface area (Å²) in [6.07, 6.45) is 3.54. The molecule has 0 atom stereocenters. The van der Waals surface area contributed by atoms with Gasteiger partial charge in [0.05, 0.1) is 0 Å². The van der Waals surface area contributed by atoms with Crippen LogP contribution in [0.25, 0.3) is 20.5 Å². The molecule has 1 aliphatic rings. The molecule has 200 valence electrons. The third-order valence-electron chi connectivity index (χ3n) is 7.56. The van der Waals surface area contributed by atoms with Crippen LogP contribution in [0.2, 0.25) is 0 Å². The maximum Gasteiger partial charge on any atom is 0.119 e. The van der Waals surface area contributed by atoms with Gasteiger partial charge in [-0.25, -0.2) is 0 Å². The molecule has 2 heterocycles. The van der Waals surface area contributed by atoms with Crippen molar-refractivity contribution in [3.8, 4) is 21.9 Å². The fourth-order valence-electron chi connectivity index (χ4n) is 5.25. The first-order valence-corrected chi connectivity index (χ1v) is 14.9. The van der Waals surface area contributed by atoms with Gasteiger partial charge in [-0.15, -0.1) is 11.3 Å². The van der Waals surface area contributed by atoms with Crippen molar-refractivity contribution in [2.24, 2.45) is 0 Å². The highest BCUT2D eigenvalue weighted by atomic mass is 32.1. The number of fused-ring (bicyclic) bond motifs is 1. The first-order chi connectivity index (χ1) is 18.7. The quantitative estimate of drug-likeness (QED) is 0.181. The average Bonchev–Trinajstić information content (AvgIpc) is 3.61. The smallest absolute Gasteiger partial charge is 0.119 e.